The summed E-state index contributed by atoms with van der Waals surface area (Å²) >= 11 is 1.18. The molecule has 0 spiro atoms. The lowest BCUT2D eigenvalue weighted by Crippen LogP contribution is -2.32. The molecule has 1 aliphatic heterocycles. The maximum atomic E-state index is 14.0. The molecule has 1 aromatic heterocycles. The first-order chi connectivity index (χ1) is 16.3. The number of nitrogens with one attached hydrogen (secondary N) is 2. The van der Waals surface area contributed by atoms with Gasteiger partial charge < -0.3 is 15.0 Å². The third-order valence-corrected chi connectivity index (χ3v) is 5.93. The number of aromatic amines is 1. The number of rotatable bonds is 5. The number of hydrogen-bond donors (Lipinski definition) is 2. The maximum absolute atomic E-state index is 14.0. The normalized spacial score (nSPS) is 15.5. The standard InChI is InChI=1S/C24H20F3N3O3S/c1-3-33-22(32)17-16(14-11-7-8-12-15(14)24(25,26)27)18-20(29-23(34-2)30-21(18)31)28-19(17)13-9-5-4-6-10-13/h4-12,16H,3H2,1-2H3,(H2,28,29,30,31). The van der Waals surface area contributed by atoms with Crippen LogP contribution in [0.5, 0.6) is 0 Å². The van der Waals surface area contributed by atoms with Crippen LogP contribution in [-0.4, -0.2) is 28.8 Å². The number of nitrogens with zero attached hydrogens (tertiary/aromatic N) is 1. The number of halogens is 3. The number of aromatic nitrogens is 2. The zero-order valence-electron chi connectivity index (χ0n) is 18.2. The third kappa shape index (κ3) is 4.33. The molecule has 176 valence electrons. The molecule has 0 saturated heterocycles. The number of ether oxygens (including phenoxy) is 1. The van der Waals surface area contributed by atoms with Gasteiger partial charge in [-0.15, -0.1) is 0 Å². The number of thioether (sulfide) groups is 1. The smallest absolute Gasteiger partial charge is 0.416 e. The van der Waals surface area contributed by atoms with Crippen molar-refractivity contribution >= 4 is 29.2 Å². The van der Waals surface area contributed by atoms with Gasteiger partial charge >= 0.3 is 12.1 Å². The fourth-order valence-electron chi connectivity index (χ4n) is 3.98. The van der Waals surface area contributed by atoms with Gasteiger partial charge in [-0.05, 0) is 30.4 Å². The van der Waals surface area contributed by atoms with Crippen molar-refractivity contribution in [2.75, 3.05) is 18.2 Å². The molecule has 0 fully saturated rings. The van der Waals surface area contributed by atoms with E-state index in [9.17, 15) is 22.8 Å². The van der Waals surface area contributed by atoms with Gasteiger partial charge in [0.15, 0.2) is 5.16 Å². The summed E-state index contributed by atoms with van der Waals surface area (Å²) < 4.78 is 47.4. The Morgan fingerprint density at radius 1 is 1.12 bits per heavy atom. The van der Waals surface area contributed by atoms with Crippen LogP contribution >= 0.6 is 11.8 Å². The zero-order valence-corrected chi connectivity index (χ0v) is 19.0. The van der Waals surface area contributed by atoms with Crippen molar-refractivity contribution in [3.8, 4) is 0 Å². The molecule has 34 heavy (non-hydrogen) atoms. The Morgan fingerprint density at radius 3 is 2.44 bits per heavy atom. The van der Waals surface area contributed by atoms with Gasteiger partial charge in [0.25, 0.3) is 5.56 Å². The number of carbonyl (C=O) groups is 1. The van der Waals surface area contributed by atoms with E-state index in [2.05, 4.69) is 15.3 Å². The average molecular weight is 488 g/mol. The Balaban J connectivity index is 2.12. The molecule has 0 amide bonds. The Hall–Kier alpha value is -3.53. The Bertz CT molecular complexity index is 1320. The van der Waals surface area contributed by atoms with E-state index < -0.39 is 29.2 Å². The number of benzene rings is 2. The fraction of sp³-hybridized carbons (Fsp3) is 0.208. The first-order valence-corrected chi connectivity index (χ1v) is 11.6. The molecule has 0 radical (unpaired) electrons. The van der Waals surface area contributed by atoms with E-state index in [4.69, 9.17) is 4.74 Å². The highest BCUT2D eigenvalue weighted by Crippen LogP contribution is 2.46. The monoisotopic (exact) mass is 487 g/mol. The SMILES string of the molecule is CCOC(=O)C1=C(c2ccccc2)Nc2nc(SC)[nH]c(=O)c2C1c1ccccc1C(F)(F)F. The lowest BCUT2D eigenvalue weighted by Gasteiger charge is -2.31. The number of esters is 1. The van der Waals surface area contributed by atoms with Crippen molar-refractivity contribution in [3.05, 3.63) is 92.8 Å². The van der Waals surface area contributed by atoms with Gasteiger partial charge in [0.1, 0.15) is 5.82 Å². The number of alkyl halides is 3. The van der Waals surface area contributed by atoms with E-state index in [0.717, 1.165) is 6.07 Å². The summed E-state index contributed by atoms with van der Waals surface area (Å²) in [5.74, 6) is -2.10. The van der Waals surface area contributed by atoms with Crippen molar-refractivity contribution in [3.63, 3.8) is 0 Å². The van der Waals surface area contributed by atoms with Crippen LogP contribution < -0.4 is 10.9 Å². The third-order valence-electron chi connectivity index (χ3n) is 5.35. The first kappa shape index (κ1) is 23.6. The predicted octanol–water partition coefficient (Wildman–Crippen LogP) is 5.04. The van der Waals surface area contributed by atoms with Gasteiger partial charge in [-0.3, -0.25) is 4.79 Å². The van der Waals surface area contributed by atoms with Crippen LogP contribution in [0.25, 0.3) is 5.70 Å². The number of carbonyl (C=O) groups excluding carboxylic acids is 1. The number of H-pyrrole nitrogens is 1. The van der Waals surface area contributed by atoms with Gasteiger partial charge in [0.2, 0.25) is 0 Å². The Morgan fingerprint density at radius 2 is 1.79 bits per heavy atom. The van der Waals surface area contributed by atoms with Crippen LogP contribution in [0.15, 0.2) is 70.1 Å². The molecule has 4 rings (SSSR count). The van der Waals surface area contributed by atoms with Gasteiger partial charge in [-0.25, -0.2) is 9.78 Å². The summed E-state index contributed by atoms with van der Waals surface area (Å²) in [4.78, 5) is 33.4. The minimum Gasteiger partial charge on any atom is -0.463 e. The van der Waals surface area contributed by atoms with Crippen molar-refractivity contribution in [1.29, 1.82) is 0 Å². The van der Waals surface area contributed by atoms with Crippen LogP contribution in [0.3, 0.4) is 0 Å². The van der Waals surface area contributed by atoms with Gasteiger partial charge in [-0.1, -0.05) is 60.3 Å². The van der Waals surface area contributed by atoms with Crippen LogP contribution in [0.2, 0.25) is 0 Å². The molecular weight excluding hydrogens is 467 g/mol. The fourth-order valence-corrected chi connectivity index (χ4v) is 4.35. The lowest BCUT2D eigenvalue weighted by molar-refractivity contribution is -0.140. The van der Waals surface area contributed by atoms with E-state index in [1.54, 1.807) is 43.5 Å². The summed E-state index contributed by atoms with van der Waals surface area (Å²) in [6.07, 6.45) is -3.00. The molecule has 0 aliphatic carbocycles. The molecule has 1 unspecified atom stereocenters. The summed E-state index contributed by atoms with van der Waals surface area (Å²) in [5, 5.41) is 3.31. The molecule has 1 aliphatic rings. The quantitative estimate of drug-likeness (QED) is 0.298. The minimum absolute atomic E-state index is 0.00488. The highest BCUT2D eigenvalue weighted by atomic mass is 32.2. The predicted molar refractivity (Wildman–Crippen MR) is 124 cm³/mol. The summed E-state index contributed by atoms with van der Waals surface area (Å²) in [5.41, 5.74) is -1.23. The van der Waals surface area contributed by atoms with Crippen molar-refractivity contribution in [2.45, 2.75) is 24.2 Å². The zero-order chi connectivity index (χ0) is 24.5. The molecule has 2 aromatic carbocycles. The van der Waals surface area contributed by atoms with Gasteiger partial charge in [0, 0.05) is 0 Å². The molecule has 2 N–H and O–H groups in total. The molecule has 1 atom stereocenters. The van der Waals surface area contributed by atoms with Crippen LogP contribution in [-0.2, 0) is 15.7 Å². The Kier molecular flexibility index (Phi) is 6.52. The van der Waals surface area contributed by atoms with E-state index in [1.807, 2.05) is 0 Å². The maximum Gasteiger partial charge on any atom is 0.416 e. The average Bonchev–Trinajstić information content (AvgIpc) is 2.82. The van der Waals surface area contributed by atoms with E-state index >= 15 is 0 Å². The van der Waals surface area contributed by atoms with Crippen LogP contribution in [0, 0.1) is 0 Å². The molecule has 0 saturated carbocycles. The van der Waals surface area contributed by atoms with E-state index in [-0.39, 0.29) is 40.0 Å². The summed E-state index contributed by atoms with van der Waals surface area (Å²) in [7, 11) is 0. The van der Waals surface area contributed by atoms with Crippen molar-refractivity contribution < 1.29 is 22.7 Å². The largest absolute Gasteiger partial charge is 0.463 e. The summed E-state index contributed by atoms with van der Waals surface area (Å²) in [6.45, 7) is 1.60. The molecule has 6 nitrogen and oxygen atoms in total. The van der Waals surface area contributed by atoms with Crippen molar-refractivity contribution in [1.82, 2.24) is 9.97 Å². The van der Waals surface area contributed by atoms with Gasteiger partial charge in [0.05, 0.1) is 34.9 Å². The molecule has 2 heterocycles. The van der Waals surface area contributed by atoms with Crippen LogP contribution in [0.4, 0.5) is 19.0 Å². The topological polar surface area (TPSA) is 84.1 Å². The molecular formula is C24H20F3N3O3S. The van der Waals surface area contributed by atoms with E-state index in [1.165, 1.54) is 30.0 Å². The second-order valence-corrected chi connectivity index (χ2v) is 8.15. The van der Waals surface area contributed by atoms with Crippen molar-refractivity contribution in [2.24, 2.45) is 0 Å². The van der Waals surface area contributed by atoms with Crippen LogP contribution in [0.1, 0.15) is 35.1 Å². The minimum atomic E-state index is -4.71. The lowest BCUT2D eigenvalue weighted by atomic mass is 9.79. The van der Waals surface area contributed by atoms with E-state index in [0.29, 0.717) is 5.56 Å². The molecule has 10 heteroatoms. The van der Waals surface area contributed by atoms with Gasteiger partial charge in [-0.2, -0.15) is 13.2 Å². The number of hydrogen-bond acceptors (Lipinski definition) is 6. The number of anilines is 1. The summed E-state index contributed by atoms with van der Waals surface area (Å²) in [6, 6.07) is 13.6. The first-order valence-electron chi connectivity index (χ1n) is 10.3. The Labute approximate surface area is 197 Å². The highest BCUT2D eigenvalue weighted by molar-refractivity contribution is 7.98. The molecule has 0 bridgehead atoms. The second-order valence-electron chi connectivity index (χ2n) is 7.36. The highest BCUT2D eigenvalue weighted by Gasteiger charge is 2.43. The molecule has 3 aromatic rings. The number of fused-ring (bicyclic) bond motifs is 1. The second kappa shape index (κ2) is 9.38.